The molecular weight excluding hydrogens is 277 g/mol. The molecule has 1 aromatic carbocycles. The van der Waals surface area contributed by atoms with Crippen molar-refractivity contribution in [2.45, 2.75) is 38.9 Å². The van der Waals surface area contributed by atoms with Crippen molar-refractivity contribution >= 4 is 18.9 Å². The number of benzene rings is 1. The minimum Gasteiger partial charge on any atom is -0.400 e. The molecule has 0 radical (unpaired) electrons. The Morgan fingerprint density at radius 3 is 2.18 bits per heavy atom. The molecule has 1 saturated heterocycles. The highest BCUT2D eigenvalue weighted by Crippen LogP contribution is 2.39. The van der Waals surface area contributed by atoms with Crippen LogP contribution in [0, 0.1) is 0 Å². The number of aliphatic hydroxyl groups is 1. The fourth-order valence-corrected chi connectivity index (χ4v) is 2.40. The van der Waals surface area contributed by atoms with Crippen LogP contribution in [0.4, 0.5) is 5.69 Å². The molecular formula is C17H26BNO3. The summed E-state index contributed by atoms with van der Waals surface area (Å²) in [5, 5.41) is 9.78. The van der Waals surface area contributed by atoms with E-state index in [0.717, 1.165) is 16.7 Å². The van der Waals surface area contributed by atoms with Crippen molar-refractivity contribution in [3.05, 3.63) is 35.3 Å². The van der Waals surface area contributed by atoms with Gasteiger partial charge in [-0.25, -0.2) is 0 Å². The van der Waals surface area contributed by atoms with Gasteiger partial charge in [-0.3, -0.25) is 0 Å². The lowest BCUT2D eigenvalue weighted by Gasteiger charge is -2.32. The molecule has 0 unspecified atom stereocenters. The molecule has 1 N–H and O–H groups in total. The number of rotatable bonds is 4. The molecule has 4 nitrogen and oxygen atoms in total. The minimum atomic E-state index is -0.523. The number of hydrogen-bond acceptors (Lipinski definition) is 4. The molecule has 0 aliphatic carbocycles. The summed E-state index contributed by atoms with van der Waals surface area (Å²) >= 11 is 0. The lowest BCUT2D eigenvalue weighted by molar-refractivity contribution is 0.00578. The molecule has 0 amide bonds. The van der Waals surface area contributed by atoms with Gasteiger partial charge < -0.3 is 19.3 Å². The monoisotopic (exact) mass is 303 g/mol. The van der Waals surface area contributed by atoms with Crippen LogP contribution in [0.15, 0.2) is 29.7 Å². The van der Waals surface area contributed by atoms with E-state index in [1.165, 1.54) is 0 Å². The molecule has 22 heavy (non-hydrogen) atoms. The van der Waals surface area contributed by atoms with Gasteiger partial charge in [-0.15, -0.1) is 0 Å². The summed E-state index contributed by atoms with van der Waals surface area (Å²) in [6.07, 6.45) is 1.96. The molecule has 1 heterocycles. The molecule has 1 aliphatic heterocycles. The Kier molecular flexibility index (Phi) is 4.71. The highest BCUT2D eigenvalue weighted by molar-refractivity contribution is 6.55. The number of aliphatic hydroxyl groups excluding tert-OH is 1. The second-order valence-electron chi connectivity index (χ2n) is 6.92. The third-order valence-electron chi connectivity index (χ3n) is 4.50. The van der Waals surface area contributed by atoms with Crippen molar-refractivity contribution < 1.29 is 14.4 Å². The summed E-state index contributed by atoms with van der Waals surface area (Å²) in [4.78, 5) is 2.05. The Balaban J connectivity index is 2.34. The van der Waals surface area contributed by atoms with E-state index in [-0.39, 0.29) is 6.61 Å². The lowest BCUT2D eigenvalue weighted by atomic mass is 9.77. The third-order valence-corrected chi connectivity index (χ3v) is 4.50. The normalized spacial score (nSPS) is 20.3. The largest absolute Gasteiger partial charge is 0.492 e. The van der Waals surface area contributed by atoms with Crippen LogP contribution < -0.4 is 4.90 Å². The second-order valence-corrected chi connectivity index (χ2v) is 6.92. The van der Waals surface area contributed by atoms with E-state index < -0.39 is 18.3 Å². The number of hydrogen-bond donors (Lipinski definition) is 1. The van der Waals surface area contributed by atoms with Crippen molar-refractivity contribution in [1.82, 2.24) is 0 Å². The number of nitrogens with zero attached hydrogens (tertiary/aromatic N) is 1. The first-order chi connectivity index (χ1) is 10.2. The lowest BCUT2D eigenvalue weighted by Crippen LogP contribution is -2.41. The zero-order valence-electron chi connectivity index (χ0n) is 14.4. The fraction of sp³-hybridized carbons (Fsp3) is 0.529. The Morgan fingerprint density at radius 1 is 1.14 bits per heavy atom. The predicted octanol–water partition coefficient (Wildman–Crippen LogP) is 2.76. The van der Waals surface area contributed by atoms with Crippen LogP contribution in [0.3, 0.4) is 0 Å². The van der Waals surface area contributed by atoms with Crippen molar-refractivity contribution in [1.29, 1.82) is 0 Å². The van der Waals surface area contributed by atoms with Crippen LogP contribution >= 0.6 is 0 Å². The van der Waals surface area contributed by atoms with Gasteiger partial charge in [0.25, 0.3) is 0 Å². The number of anilines is 1. The van der Waals surface area contributed by atoms with Crippen LogP contribution in [0.25, 0.3) is 6.08 Å². The summed E-state index contributed by atoms with van der Waals surface area (Å²) in [6.45, 7) is 7.94. The van der Waals surface area contributed by atoms with Crippen molar-refractivity contribution in [3.63, 3.8) is 0 Å². The van der Waals surface area contributed by atoms with Crippen molar-refractivity contribution in [2.75, 3.05) is 25.6 Å². The molecule has 1 fully saturated rings. The van der Waals surface area contributed by atoms with Crippen LogP contribution in [0.5, 0.6) is 0 Å². The Bertz CT molecular complexity index is 551. The first-order valence-electron chi connectivity index (χ1n) is 7.61. The van der Waals surface area contributed by atoms with E-state index in [0.29, 0.717) is 0 Å². The summed E-state index contributed by atoms with van der Waals surface area (Å²) in [5.41, 5.74) is 2.03. The van der Waals surface area contributed by atoms with Gasteiger partial charge in [0.05, 0.1) is 17.8 Å². The van der Waals surface area contributed by atoms with E-state index in [1.54, 1.807) is 0 Å². The van der Waals surface area contributed by atoms with Gasteiger partial charge in [-0.2, -0.15) is 0 Å². The molecule has 0 atom stereocenters. The van der Waals surface area contributed by atoms with E-state index in [9.17, 15) is 5.11 Å². The summed E-state index contributed by atoms with van der Waals surface area (Å²) in [6, 6.07) is 8.06. The fourth-order valence-electron chi connectivity index (χ4n) is 2.40. The maximum atomic E-state index is 9.78. The van der Waals surface area contributed by atoms with Gasteiger partial charge in [0.2, 0.25) is 0 Å². The zero-order valence-corrected chi connectivity index (χ0v) is 14.4. The van der Waals surface area contributed by atoms with Gasteiger partial charge in [0.1, 0.15) is 0 Å². The van der Waals surface area contributed by atoms with E-state index in [4.69, 9.17) is 9.31 Å². The predicted molar refractivity (Wildman–Crippen MR) is 91.9 cm³/mol. The quantitative estimate of drug-likeness (QED) is 0.869. The average Bonchev–Trinajstić information content (AvgIpc) is 2.64. The zero-order chi connectivity index (χ0) is 16.5. The van der Waals surface area contributed by atoms with Crippen LogP contribution in [0.1, 0.15) is 33.3 Å². The summed E-state index contributed by atoms with van der Waals surface area (Å²) in [5.74, 6) is 0. The molecule has 2 rings (SSSR count). The van der Waals surface area contributed by atoms with Gasteiger partial charge in [-0.1, -0.05) is 24.3 Å². The van der Waals surface area contributed by atoms with Crippen molar-refractivity contribution in [2.24, 2.45) is 0 Å². The van der Waals surface area contributed by atoms with E-state index in [2.05, 4.69) is 0 Å². The van der Waals surface area contributed by atoms with Gasteiger partial charge >= 0.3 is 7.12 Å². The highest BCUT2D eigenvalue weighted by Gasteiger charge is 2.52. The standard InChI is InChI=1S/C17H26BNO3/c1-16(2)17(3,4)22-18(21-16)14(12-20)11-13-9-7-8-10-15(13)19(5)6/h7-11,20H,12H2,1-6H3. The first-order valence-corrected chi connectivity index (χ1v) is 7.61. The molecule has 1 aromatic rings. The Morgan fingerprint density at radius 2 is 1.68 bits per heavy atom. The molecule has 0 saturated carbocycles. The highest BCUT2D eigenvalue weighted by atomic mass is 16.7. The molecule has 120 valence electrons. The second kappa shape index (κ2) is 6.07. The van der Waals surface area contributed by atoms with Gasteiger partial charge in [0.15, 0.2) is 0 Å². The topological polar surface area (TPSA) is 41.9 Å². The molecule has 5 heteroatoms. The summed E-state index contributed by atoms with van der Waals surface area (Å²) in [7, 11) is 3.48. The van der Waals surface area contributed by atoms with Crippen molar-refractivity contribution in [3.8, 4) is 0 Å². The SMILES string of the molecule is CN(C)c1ccccc1C=C(CO)B1OC(C)(C)C(C)(C)O1. The molecule has 0 spiro atoms. The van der Waals surface area contributed by atoms with Crippen LogP contribution in [-0.2, 0) is 9.31 Å². The molecule has 0 aromatic heterocycles. The van der Waals surface area contributed by atoms with Crippen LogP contribution in [-0.4, -0.2) is 44.1 Å². The molecule has 0 bridgehead atoms. The first kappa shape index (κ1) is 17.1. The van der Waals surface area contributed by atoms with Gasteiger partial charge in [-0.05, 0) is 44.8 Å². The van der Waals surface area contributed by atoms with Gasteiger partial charge in [0, 0.05) is 19.8 Å². The smallest absolute Gasteiger partial charge is 0.400 e. The molecule has 1 aliphatic rings. The Labute approximate surface area is 133 Å². The maximum Gasteiger partial charge on any atom is 0.492 e. The van der Waals surface area contributed by atoms with Crippen LogP contribution in [0.2, 0.25) is 0 Å². The number of para-hydroxylation sites is 1. The maximum absolute atomic E-state index is 9.78. The Hall–Kier alpha value is -1.30. The van der Waals surface area contributed by atoms with E-state index >= 15 is 0 Å². The average molecular weight is 303 g/mol. The minimum absolute atomic E-state index is 0.0986. The summed E-state index contributed by atoms with van der Waals surface area (Å²) < 4.78 is 12.1. The third kappa shape index (κ3) is 3.22. The van der Waals surface area contributed by atoms with E-state index in [1.807, 2.05) is 77.0 Å².